The average Bonchev–Trinajstić information content (AvgIpc) is 2.49. The molecule has 3 nitrogen and oxygen atoms in total. The molecule has 0 aromatic carbocycles. The lowest BCUT2D eigenvalue weighted by molar-refractivity contribution is 0.287. The summed E-state index contributed by atoms with van der Waals surface area (Å²) in [5.41, 5.74) is 1.91. The first-order valence-corrected chi connectivity index (χ1v) is 5.63. The zero-order chi connectivity index (χ0) is 8.93. The molecular weight excluding hydrogens is 182 g/mol. The lowest BCUT2D eigenvalue weighted by Crippen LogP contribution is -2.27. The van der Waals surface area contributed by atoms with Gasteiger partial charge in [0.05, 0.1) is 5.51 Å². The van der Waals surface area contributed by atoms with E-state index in [0.717, 1.165) is 19.6 Å². The monoisotopic (exact) mass is 197 g/mol. The molecule has 0 radical (unpaired) electrons. The van der Waals surface area contributed by atoms with Crippen molar-refractivity contribution < 1.29 is 0 Å². The summed E-state index contributed by atoms with van der Waals surface area (Å²) < 4.78 is 0. The SMILES string of the molecule is c1ncc(CN2CCCNCC2)s1. The largest absolute Gasteiger partial charge is 0.315 e. The number of hydrogen-bond acceptors (Lipinski definition) is 4. The minimum atomic E-state index is 1.08. The van der Waals surface area contributed by atoms with Gasteiger partial charge in [-0.3, -0.25) is 9.88 Å². The quantitative estimate of drug-likeness (QED) is 0.765. The standard InChI is InChI=1S/C9H15N3S/c1-2-10-3-5-12(4-1)7-9-6-11-8-13-9/h6,8,10H,1-5,7H2. The van der Waals surface area contributed by atoms with Crippen molar-refractivity contribution in [3.63, 3.8) is 0 Å². The predicted octanol–water partition coefficient (Wildman–Crippen LogP) is 0.938. The van der Waals surface area contributed by atoms with Gasteiger partial charge >= 0.3 is 0 Å². The molecule has 0 spiro atoms. The summed E-state index contributed by atoms with van der Waals surface area (Å²) in [5.74, 6) is 0. The molecule has 0 saturated carbocycles. The van der Waals surface area contributed by atoms with Crippen LogP contribution in [-0.2, 0) is 6.54 Å². The number of aromatic nitrogens is 1. The average molecular weight is 197 g/mol. The zero-order valence-electron chi connectivity index (χ0n) is 7.70. The molecule has 0 bridgehead atoms. The molecule has 1 aromatic rings. The first-order chi connectivity index (χ1) is 6.45. The Bertz CT molecular complexity index is 227. The van der Waals surface area contributed by atoms with Gasteiger partial charge in [0.25, 0.3) is 0 Å². The van der Waals surface area contributed by atoms with Gasteiger partial charge in [-0.15, -0.1) is 11.3 Å². The Hall–Kier alpha value is -0.450. The van der Waals surface area contributed by atoms with Crippen LogP contribution in [-0.4, -0.2) is 36.1 Å². The van der Waals surface area contributed by atoms with Gasteiger partial charge in [0.1, 0.15) is 0 Å². The normalized spacial score (nSPS) is 20.0. The second-order valence-corrected chi connectivity index (χ2v) is 4.32. The van der Waals surface area contributed by atoms with Crippen LogP contribution in [0.5, 0.6) is 0 Å². The Morgan fingerprint density at radius 2 is 2.46 bits per heavy atom. The van der Waals surface area contributed by atoms with Gasteiger partial charge in [0.2, 0.25) is 0 Å². The minimum Gasteiger partial charge on any atom is -0.315 e. The van der Waals surface area contributed by atoms with E-state index in [-0.39, 0.29) is 0 Å². The van der Waals surface area contributed by atoms with Crippen molar-refractivity contribution in [2.24, 2.45) is 0 Å². The van der Waals surface area contributed by atoms with Crippen LogP contribution in [0.4, 0.5) is 0 Å². The maximum atomic E-state index is 4.09. The van der Waals surface area contributed by atoms with E-state index in [9.17, 15) is 0 Å². The van der Waals surface area contributed by atoms with Crippen LogP contribution in [0.1, 0.15) is 11.3 Å². The first-order valence-electron chi connectivity index (χ1n) is 4.75. The highest BCUT2D eigenvalue weighted by Gasteiger charge is 2.09. The number of nitrogens with one attached hydrogen (secondary N) is 1. The molecule has 4 heteroatoms. The lowest BCUT2D eigenvalue weighted by Gasteiger charge is -2.17. The molecule has 72 valence electrons. The topological polar surface area (TPSA) is 28.2 Å². The number of nitrogens with zero attached hydrogens (tertiary/aromatic N) is 2. The number of rotatable bonds is 2. The second-order valence-electron chi connectivity index (χ2n) is 3.35. The molecule has 2 heterocycles. The molecular formula is C9H15N3S. The van der Waals surface area contributed by atoms with Gasteiger partial charge in [-0.05, 0) is 19.5 Å². The van der Waals surface area contributed by atoms with E-state index in [2.05, 4.69) is 15.2 Å². The van der Waals surface area contributed by atoms with Crippen LogP contribution in [0.25, 0.3) is 0 Å². The fourth-order valence-corrected chi connectivity index (χ4v) is 2.24. The number of hydrogen-bond donors (Lipinski definition) is 1. The van der Waals surface area contributed by atoms with Crippen LogP contribution in [0, 0.1) is 0 Å². The molecule has 1 aromatic heterocycles. The summed E-state index contributed by atoms with van der Waals surface area (Å²) in [7, 11) is 0. The van der Waals surface area contributed by atoms with Crippen LogP contribution in [0.2, 0.25) is 0 Å². The van der Waals surface area contributed by atoms with E-state index >= 15 is 0 Å². The molecule has 0 amide bonds. The third kappa shape index (κ3) is 2.76. The van der Waals surface area contributed by atoms with Crippen LogP contribution < -0.4 is 5.32 Å². The Morgan fingerprint density at radius 1 is 1.46 bits per heavy atom. The molecule has 0 unspecified atom stereocenters. The van der Waals surface area contributed by atoms with Gasteiger partial charge in [-0.2, -0.15) is 0 Å². The molecule has 1 aliphatic heterocycles. The van der Waals surface area contributed by atoms with Gasteiger partial charge in [0.15, 0.2) is 0 Å². The Balaban J connectivity index is 1.86. The van der Waals surface area contributed by atoms with Crippen molar-refractivity contribution in [1.29, 1.82) is 0 Å². The van der Waals surface area contributed by atoms with E-state index in [1.807, 2.05) is 11.7 Å². The minimum absolute atomic E-state index is 1.08. The molecule has 1 saturated heterocycles. The first kappa shape index (κ1) is 9.12. The highest BCUT2D eigenvalue weighted by molar-refractivity contribution is 7.09. The Kier molecular flexibility index (Phi) is 3.29. The molecule has 0 aliphatic carbocycles. The molecule has 1 fully saturated rings. The molecule has 2 rings (SSSR count). The Morgan fingerprint density at radius 3 is 3.31 bits per heavy atom. The summed E-state index contributed by atoms with van der Waals surface area (Å²) in [6.07, 6.45) is 3.24. The van der Waals surface area contributed by atoms with E-state index in [0.29, 0.717) is 0 Å². The smallest absolute Gasteiger partial charge is 0.0794 e. The summed E-state index contributed by atoms with van der Waals surface area (Å²) in [6, 6.07) is 0. The van der Waals surface area contributed by atoms with E-state index < -0.39 is 0 Å². The van der Waals surface area contributed by atoms with E-state index in [4.69, 9.17) is 0 Å². The van der Waals surface area contributed by atoms with Crippen LogP contribution >= 0.6 is 11.3 Å². The van der Waals surface area contributed by atoms with Gasteiger partial charge < -0.3 is 5.32 Å². The highest BCUT2D eigenvalue weighted by atomic mass is 32.1. The number of thiazole rings is 1. The van der Waals surface area contributed by atoms with Crippen molar-refractivity contribution in [2.45, 2.75) is 13.0 Å². The maximum absolute atomic E-state index is 4.09. The highest BCUT2D eigenvalue weighted by Crippen LogP contribution is 2.09. The second kappa shape index (κ2) is 4.69. The summed E-state index contributed by atoms with van der Waals surface area (Å²) in [4.78, 5) is 7.96. The van der Waals surface area contributed by atoms with Crippen molar-refractivity contribution in [3.8, 4) is 0 Å². The van der Waals surface area contributed by atoms with Crippen molar-refractivity contribution in [2.75, 3.05) is 26.2 Å². The molecule has 13 heavy (non-hydrogen) atoms. The van der Waals surface area contributed by atoms with Gasteiger partial charge in [-0.1, -0.05) is 0 Å². The fourth-order valence-electron chi connectivity index (χ4n) is 1.60. The van der Waals surface area contributed by atoms with Crippen molar-refractivity contribution in [3.05, 3.63) is 16.6 Å². The third-order valence-corrected chi connectivity index (χ3v) is 3.06. The lowest BCUT2D eigenvalue weighted by atomic mass is 10.4. The fraction of sp³-hybridized carbons (Fsp3) is 0.667. The van der Waals surface area contributed by atoms with E-state index in [1.54, 1.807) is 11.3 Å². The van der Waals surface area contributed by atoms with Crippen LogP contribution in [0.3, 0.4) is 0 Å². The molecule has 1 N–H and O–H groups in total. The van der Waals surface area contributed by atoms with Crippen molar-refractivity contribution in [1.82, 2.24) is 15.2 Å². The third-order valence-electron chi connectivity index (χ3n) is 2.30. The predicted molar refractivity (Wildman–Crippen MR) is 54.9 cm³/mol. The molecule has 0 atom stereocenters. The van der Waals surface area contributed by atoms with Crippen molar-refractivity contribution >= 4 is 11.3 Å². The summed E-state index contributed by atoms with van der Waals surface area (Å²) >= 11 is 1.75. The summed E-state index contributed by atoms with van der Waals surface area (Å²) in [5, 5.41) is 3.40. The Labute approximate surface area is 82.8 Å². The zero-order valence-corrected chi connectivity index (χ0v) is 8.52. The van der Waals surface area contributed by atoms with Crippen LogP contribution in [0.15, 0.2) is 11.7 Å². The van der Waals surface area contributed by atoms with E-state index in [1.165, 1.54) is 24.4 Å². The van der Waals surface area contributed by atoms with Gasteiger partial charge in [0, 0.05) is 30.7 Å². The summed E-state index contributed by atoms with van der Waals surface area (Å²) in [6.45, 7) is 5.74. The molecule has 1 aliphatic rings. The maximum Gasteiger partial charge on any atom is 0.0794 e. The van der Waals surface area contributed by atoms with Gasteiger partial charge in [-0.25, -0.2) is 0 Å².